The molecule has 0 spiro atoms. The molecular weight excluding hydrogens is 489 g/mol. The van der Waals surface area contributed by atoms with Crippen LogP contribution in [-0.2, 0) is 16.1 Å². The molecule has 1 aliphatic rings. The van der Waals surface area contributed by atoms with Gasteiger partial charge in [0.15, 0.2) is 0 Å². The predicted molar refractivity (Wildman–Crippen MR) is 135 cm³/mol. The highest BCUT2D eigenvalue weighted by Gasteiger charge is 2.35. The summed E-state index contributed by atoms with van der Waals surface area (Å²) in [5.41, 5.74) is 1.30. The van der Waals surface area contributed by atoms with Crippen molar-refractivity contribution in [1.82, 2.24) is 15.1 Å². The number of carbonyl (C=O) groups is 4. The van der Waals surface area contributed by atoms with Crippen molar-refractivity contribution in [3.8, 4) is 0 Å². The normalized spacial score (nSPS) is 13.7. The van der Waals surface area contributed by atoms with Crippen LogP contribution in [0.3, 0.4) is 0 Å². The van der Waals surface area contributed by atoms with E-state index in [4.69, 9.17) is 23.2 Å². The molecule has 35 heavy (non-hydrogen) atoms. The van der Waals surface area contributed by atoms with Crippen LogP contribution >= 0.6 is 23.2 Å². The maximum Gasteiger partial charge on any atom is 0.261 e. The maximum atomic E-state index is 13.4. The van der Waals surface area contributed by atoms with E-state index in [0.717, 1.165) is 4.90 Å². The number of nitrogens with zero attached hydrogens (tertiary/aromatic N) is 2. The highest BCUT2D eigenvalue weighted by Crippen LogP contribution is 2.28. The number of amides is 4. The topological polar surface area (TPSA) is 86.8 Å². The van der Waals surface area contributed by atoms with Crippen LogP contribution < -0.4 is 5.32 Å². The summed E-state index contributed by atoms with van der Waals surface area (Å²) in [6.07, 6.45) is 0.699. The largest absolute Gasteiger partial charge is 0.352 e. The molecular formula is C26H29Cl2N3O4. The first kappa shape index (κ1) is 26.7. The third-order valence-electron chi connectivity index (χ3n) is 5.86. The fourth-order valence-electron chi connectivity index (χ4n) is 4.13. The molecule has 7 nitrogen and oxygen atoms in total. The van der Waals surface area contributed by atoms with E-state index >= 15 is 0 Å². The molecule has 0 radical (unpaired) electrons. The summed E-state index contributed by atoms with van der Waals surface area (Å²) in [6, 6.07) is 10.9. The Morgan fingerprint density at radius 2 is 1.54 bits per heavy atom. The Balaban J connectivity index is 1.75. The molecule has 1 atom stereocenters. The second-order valence-electron chi connectivity index (χ2n) is 8.72. The summed E-state index contributed by atoms with van der Waals surface area (Å²) >= 11 is 12.7. The van der Waals surface area contributed by atoms with Gasteiger partial charge in [0.1, 0.15) is 6.04 Å². The summed E-state index contributed by atoms with van der Waals surface area (Å²) in [6.45, 7) is 5.70. The SMILES string of the molecule is CC[C@H](C(=O)NC(C)C)N(Cc1c(Cl)cccc1Cl)C(=O)CCCN1C(=O)c2ccccc2C1=O. The van der Waals surface area contributed by atoms with E-state index in [1.165, 1.54) is 4.90 Å². The molecule has 0 aromatic heterocycles. The highest BCUT2D eigenvalue weighted by molar-refractivity contribution is 6.36. The number of nitrogens with one attached hydrogen (secondary N) is 1. The zero-order valence-corrected chi connectivity index (χ0v) is 21.5. The first-order chi connectivity index (χ1) is 16.6. The molecule has 1 heterocycles. The Kier molecular flexibility index (Phi) is 8.92. The average molecular weight is 518 g/mol. The summed E-state index contributed by atoms with van der Waals surface area (Å²) in [5, 5.41) is 3.68. The van der Waals surface area contributed by atoms with Gasteiger partial charge in [-0.1, -0.05) is 48.3 Å². The number of halogens is 2. The number of benzene rings is 2. The van der Waals surface area contributed by atoms with Crippen molar-refractivity contribution in [1.29, 1.82) is 0 Å². The molecule has 4 amide bonds. The van der Waals surface area contributed by atoms with Gasteiger partial charge in [-0.05, 0) is 51.0 Å². The van der Waals surface area contributed by atoms with Gasteiger partial charge in [0, 0.05) is 41.2 Å². The van der Waals surface area contributed by atoms with Gasteiger partial charge in [0.25, 0.3) is 11.8 Å². The van der Waals surface area contributed by atoms with Crippen molar-refractivity contribution in [2.75, 3.05) is 6.54 Å². The van der Waals surface area contributed by atoms with E-state index < -0.39 is 6.04 Å². The van der Waals surface area contributed by atoms with E-state index in [1.807, 2.05) is 20.8 Å². The van der Waals surface area contributed by atoms with Crippen LogP contribution in [0.25, 0.3) is 0 Å². The lowest BCUT2D eigenvalue weighted by Crippen LogP contribution is -2.50. The lowest BCUT2D eigenvalue weighted by molar-refractivity contribution is -0.141. The minimum atomic E-state index is -0.725. The number of imide groups is 1. The van der Waals surface area contributed by atoms with E-state index in [2.05, 4.69) is 5.32 Å². The Labute approximate surface area is 215 Å². The van der Waals surface area contributed by atoms with Gasteiger partial charge in [-0.2, -0.15) is 0 Å². The van der Waals surface area contributed by atoms with E-state index in [0.29, 0.717) is 33.2 Å². The minimum Gasteiger partial charge on any atom is -0.352 e. The van der Waals surface area contributed by atoms with E-state index in [9.17, 15) is 19.2 Å². The monoisotopic (exact) mass is 517 g/mol. The molecule has 2 aromatic carbocycles. The molecule has 3 rings (SSSR count). The first-order valence-electron chi connectivity index (χ1n) is 11.6. The van der Waals surface area contributed by atoms with Gasteiger partial charge in [0.05, 0.1) is 11.1 Å². The number of hydrogen-bond donors (Lipinski definition) is 1. The van der Waals surface area contributed by atoms with Gasteiger partial charge in [-0.3, -0.25) is 24.1 Å². The van der Waals surface area contributed by atoms with E-state index in [1.54, 1.807) is 42.5 Å². The molecule has 2 aromatic rings. The van der Waals surface area contributed by atoms with Crippen LogP contribution in [0.1, 0.15) is 66.3 Å². The zero-order valence-electron chi connectivity index (χ0n) is 20.0. The second kappa shape index (κ2) is 11.7. The number of carbonyl (C=O) groups excluding carboxylic acids is 4. The van der Waals surface area contributed by atoms with Crippen molar-refractivity contribution in [2.24, 2.45) is 0 Å². The zero-order chi connectivity index (χ0) is 25.7. The first-order valence-corrected chi connectivity index (χ1v) is 12.4. The van der Waals surface area contributed by atoms with Crippen LogP contribution in [0.4, 0.5) is 0 Å². The standard InChI is InChI=1S/C26H29Cl2N3O4/c1-4-22(24(33)29-16(2)3)31(15-19-20(27)11-7-12-21(19)28)23(32)13-8-14-30-25(34)17-9-5-6-10-18(17)26(30)35/h5-7,9-12,16,22H,4,8,13-15H2,1-3H3,(H,29,33)/t22-/m1/s1. The number of fused-ring (bicyclic) bond motifs is 1. The molecule has 0 saturated carbocycles. The van der Waals surface area contributed by atoms with Gasteiger partial charge in [-0.15, -0.1) is 0 Å². The predicted octanol–water partition coefficient (Wildman–Crippen LogP) is 4.70. The van der Waals surface area contributed by atoms with Crippen molar-refractivity contribution < 1.29 is 19.2 Å². The summed E-state index contributed by atoms with van der Waals surface area (Å²) < 4.78 is 0. The number of rotatable bonds is 10. The summed E-state index contributed by atoms with van der Waals surface area (Å²) in [7, 11) is 0. The van der Waals surface area contributed by atoms with Crippen LogP contribution in [0.2, 0.25) is 10.0 Å². The Bertz CT molecular complexity index is 1080. The number of hydrogen-bond acceptors (Lipinski definition) is 4. The van der Waals surface area contributed by atoms with Gasteiger partial charge < -0.3 is 10.2 Å². The van der Waals surface area contributed by atoms with Gasteiger partial charge in [0.2, 0.25) is 11.8 Å². The Morgan fingerprint density at radius 1 is 0.971 bits per heavy atom. The van der Waals surface area contributed by atoms with Crippen molar-refractivity contribution in [2.45, 2.75) is 58.7 Å². The summed E-state index contributed by atoms with van der Waals surface area (Å²) in [5.74, 6) is -1.27. The Morgan fingerprint density at radius 3 is 2.06 bits per heavy atom. The molecule has 9 heteroatoms. The molecule has 0 bridgehead atoms. The molecule has 186 valence electrons. The molecule has 0 unspecified atom stereocenters. The fraction of sp³-hybridized carbons (Fsp3) is 0.385. The third-order valence-corrected chi connectivity index (χ3v) is 6.57. The smallest absolute Gasteiger partial charge is 0.261 e. The van der Waals surface area contributed by atoms with Gasteiger partial charge >= 0.3 is 0 Å². The molecule has 0 saturated heterocycles. The fourth-order valence-corrected chi connectivity index (χ4v) is 4.65. The second-order valence-corrected chi connectivity index (χ2v) is 9.53. The molecule has 1 aliphatic heterocycles. The Hall–Kier alpha value is -2.90. The quantitative estimate of drug-likeness (QED) is 0.462. The van der Waals surface area contributed by atoms with Crippen LogP contribution in [0.5, 0.6) is 0 Å². The van der Waals surface area contributed by atoms with Gasteiger partial charge in [-0.25, -0.2) is 0 Å². The lowest BCUT2D eigenvalue weighted by Gasteiger charge is -2.32. The van der Waals surface area contributed by atoms with E-state index in [-0.39, 0.29) is 55.6 Å². The molecule has 0 aliphatic carbocycles. The van der Waals surface area contributed by atoms with Crippen molar-refractivity contribution in [3.63, 3.8) is 0 Å². The average Bonchev–Trinajstić information content (AvgIpc) is 3.05. The molecule has 1 N–H and O–H groups in total. The van der Waals surface area contributed by atoms with Crippen LogP contribution in [0.15, 0.2) is 42.5 Å². The highest BCUT2D eigenvalue weighted by atomic mass is 35.5. The molecule has 0 fully saturated rings. The van der Waals surface area contributed by atoms with Crippen molar-refractivity contribution in [3.05, 3.63) is 69.2 Å². The van der Waals surface area contributed by atoms with Crippen LogP contribution in [0, 0.1) is 0 Å². The minimum absolute atomic E-state index is 0.0426. The summed E-state index contributed by atoms with van der Waals surface area (Å²) in [4.78, 5) is 54.2. The maximum absolute atomic E-state index is 13.4. The van der Waals surface area contributed by atoms with Crippen molar-refractivity contribution >= 4 is 46.8 Å². The third kappa shape index (κ3) is 6.03. The lowest BCUT2D eigenvalue weighted by atomic mass is 10.1. The van der Waals surface area contributed by atoms with Crippen LogP contribution in [-0.4, -0.2) is 52.1 Å².